The number of halogens is 3. The zero-order chi connectivity index (χ0) is 24.9. The van der Waals surface area contributed by atoms with Crippen LogP contribution >= 0.6 is 34.8 Å². The molecule has 0 radical (unpaired) electrons. The third-order valence-corrected chi connectivity index (χ3v) is 7.76. The minimum absolute atomic E-state index is 0.00700. The molecule has 10 heteroatoms. The number of amides is 1. The van der Waals surface area contributed by atoms with Crippen LogP contribution in [0.4, 0.5) is 0 Å². The van der Waals surface area contributed by atoms with Gasteiger partial charge >= 0.3 is 0 Å². The smallest absolute Gasteiger partial charge is 0.243 e. The maximum absolute atomic E-state index is 13.4. The molecule has 0 saturated heterocycles. The minimum Gasteiger partial charge on any atom is -0.496 e. The SMILES string of the molecule is COc1ccccc1[C@@H](C)NC(=O)CN(Cc1ccc(Cl)cc1Cl)S(=O)(=O)c1ccc(Cl)cc1. The average Bonchev–Trinajstić information content (AvgIpc) is 2.80. The van der Waals surface area contributed by atoms with Gasteiger partial charge in [0.2, 0.25) is 15.9 Å². The second-order valence-electron chi connectivity index (χ2n) is 7.49. The van der Waals surface area contributed by atoms with Gasteiger partial charge in [-0.1, -0.05) is 59.1 Å². The van der Waals surface area contributed by atoms with Crippen LogP contribution in [0.3, 0.4) is 0 Å². The molecule has 0 aliphatic rings. The Hall–Kier alpha value is -2.29. The molecule has 1 atom stereocenters. The quantitative estimate of drug-likeness (QED) is 0.376. The van der Waals surface area contributed by atoms with Crippen LogP contribution in [0.5, 0.6) is 5.75 Å². The summed E-state index contributed by atoms with van der Waals surface area (Å²) in [7, 11) is -2.51. The average molecular weight is 542 g/mol. The lowest BCUT2D eigenvalue weighted by molar-refractivity contribution is -0.122. The Labute approximate surface area is 214 Å². The Morgan fingerprint density at radius 1 is 1.00 bits per heavy atom. The number of carbonyl (C=O) groups excluding carboxylic acids is 1. The highest BCUT2D eigenvalue weighted by atomic mass is 35.5. The molecule has 0 aliphatic heterocycles. The largest absolute Gasteiger partial charge is 0.496 e. The van der Waals surface area contributed by atoms with E-state index in [0.29, 0.717) is 26.4 Å². The zero-order valence-electron chi connectivity index (χ0n) is 18.5. The van der Waals surface area contributed by atoms with Crippen LogP contribution in [0.1, 0.15) is 24.1 Å². The van der Waals surface area contributed by atoms with Crippen LogP contribution < -0.4 is 10.1 Å². The summed E-state index contributed by atoms with van der Waals surface area (Å²) in [4.78, 5) is 13.0. The van der Waals surface area contributed by atoms with Crippen molar-refractivity contribution in [1.82, 2.24) is 9.62 Å². The van der Waals surface area contributed by atoms with E-state index in [-0.39, 0.29) is 11.4 Å². The fourth-order valence-corrected chi connectivity index (χ4v) is 5.34. The second kappa shape index (κ2) is 11.4. The molecule has 3 aromatic carbocycles. The summed E-state index contributed by atoms with van der Waals surface area (Å²) in [6, 6.07) is 17.4. The predicted octanol–water partition coefficient (Wildman–Crippen LogP) is 5.72. The number of ether oxygens (including phenoxy) is 1. The van der Waals surface area contributed by atoms with Gasteiger partial charge in [0.25, 0.3) is 0 Å². The number of hydrogen-bond acceptors (Lipinski definition) is 4. The van der Waals surface area contributed by atoms with Gasteiger partial charge in [0.1, 0.15) is 5.75 Å². The Morgan fingerprint density at radius 3 is 2.29 bits per heavy atom. The van der Waals surface area contributed by atoms with Gasteiger partial charge in [-0.15, -0.1) is 0 Å². The van der Waals surface area contributed by atoms with E-state index in [2.05, 4.69) is 5.32 Å². The van der Waals surface area contributed by atoms with Crippen molar-refractivity contribution in [2.24, 2.45) is 0 Å². The molecule has 0 saturated carbocycles. The van der Waals surface area contributed by atoms with Gasteiger partial charge in [0.15, 0.2) is 0 Å². The molecule has 34 heavy (non-hydrogen) atoms. The lowest BCUT2D eigenvalue weighted by atomic mass is 10.1. The molecule has 1 N–H and O–H groups in total. The molecule has 0 heterocycles. The van der Waals surface area contributed by atoms with E-state index in [1.807, 2.05) is 18.2 Å². The predicted molar refractivity (Wildman–Crippen MR) is 135 cm³/mol. The van der Waals surface area contributed by atoms with Crippen molar-refractivity contribution < 1.29 is 17.9 Å². The van der Waals surface area contributed by atoms with Gasteiger partial charge < -0.3 is 10.1 Å². The van der Waals surface area contributed by atoms with Crippen molar-refractivity contribution in [1.29, 1.82) is 0 Å². The summed E-state index contributed by atoms with van der Waals surface area (Å²) in [5.74, 6) is 0.134. The Bertz CT molecular complexity index is 1270. The first-order valence-corrected chi connectivity index (χ1v) is 12.8. The number of para-hydroxylation sites is 1. The van der Waals surface area contributed by atoms with Crippen molar-refractivity contribution in [3.8, 4) is 5.75 Å². The van der Waals surface area contributed by atoms with Gasteiger partial charge in [0, 0.05) is 27.2 Å². The molecule has 6 nitrogen and oxygen atoms in total. The number of methoxy groups -OCH3 is 1. The standard InChI is InChI=1S/C24H23Cl3N2O4S/c1-16(21-5-3-4-6-23(21)33-2)28-24(30)15-29(14-17-7-8-19(26)13-22(17)27)34(31,32)20-11-9-18(25)10-12-20/h3-13,16H,14-15H2,1-2H3,(H,28,30)/t16-/m1/s1. The summed E-state index contributed by atoms with van der Waals surface area (Å²) >= 11 is 18.2. The van der Waals surface area contributed by atoms with Gasteiger partial charge in [-0.05, 0) is 55.0 Å². The molecule has 0 aliphatic carbocycles. The van der Waals surface area contributed by atoms with Crippen LogP contribution in [0.25, 0.3) is 0 Å². The molecule has 0 bridgehead atoms. The van der Waals surface area contributed by atoms with Crippen molar-refractivity contribution in [2.75, 3.05) is 13.7 Å². The summed E-state index contributed by atoms with van der Waals surface area (Å²) in [6.07, 6.45) is 0. The maximum atomic E-state index is 13.4. The molecule has 1 amide bonds. The highest BCUT2D eigenvalue weighted by Gasteiger charge is 2.28. The van der Waals surface area contributed by atoms with E-state index >= 15 is 0 Å². The van der Waals surface area contributed by atoms with E-state index in [1.54, 1.807) is 32.2 Å². The van der Waals surface area contributed by atoms with Gasteiger partial charge in [0.05, 0.1) is 24.6 Å². The van der Waals surface area contributed by atoms with Gasteiger partial charge in [-0.2, -0.15) is 4.31 Å². The third kappa shape index (κ3) is 6.43. The Kier molecular flexibility index (Phi) is 8.84. The van der Waals surface area contributed by atoms with Crippen LogP contribution in [-0.2, 0) is 21.4 Å². The van der Waals surface area contributed by atoms with E-state index in [1.165, 1.54) is 30.3 Å². The molecule has 0 unspecified atom stereocenters. The highest BCUT2D eigenvalue weighted by Crippen LogP contribution is 2.27. The minimum atomic E-state index is -4.05. The summed E-state index contributed by atoms with van der Waals surface area (Å²) < 4.78 is 33.3. The molecule has 3 aromatic rings. The number of rotatable bonds is 9. The number of sulfonamides is 1. The lowest BCUT2D eigenvalue weighted by Crippen LogP contribution is -2.41. The van der Waals surface area contributed by atoms with Crippen molar-refractivity contribution >= 4 is 50.7 Å². The first kappa shape index (κ1) is 26.3. The number of carbonyl (C=O) groups is 1. The number of benzene rings is 3. The molecule has 0 fully saturated rings. The Morgan fingerprint density at radius 2 is 1.65 bits per heavy atom. The molecule has 0 aromatic heterocycles. The normalized spacial score (nSPS) is 12.4. The summed E-state index contributed by atoms with van der Waals surface area (Å²) in [5, 5.41) is 3.96. The zero-order valence-corrected chi connectivity index (χ0v) is 21.5. The second-order valence-corrected chi connectivity index (χ2v) is 10.7. The van der Waals surface area contributed by atoms with Gasteiger partial charge in [-0.25, -0.2) is 8.42 Å². The van der Waals surface area contributed by atoms with E-state index in [4.69, 9.17) is 39.5 Å². The van der Waals surface area contributed by atoms with E-state index < -0.39 is 28.5 Å². The number of nitrogens with zero attached hydrogens (tertiary/aromatic N) is 1. The van der Waals surface area contributed by atoms with E-state index in [0.717, 1.165) is 9.87 Å². The van der Waals surface area contributed by atoms with E-state index in [9.17, 15) is 13.2 Å². The van der Waals surface area contributed by atoms with Crippen LogP contribution in [-0.4, -0.2) is 32.3 Å². The number of hydrogen-bond donors (Lipinski definition) is 1. The van der Waals surface area contributed by atoms with Crippen LogP contribution in [0.2, 0.25) is 15.1 Å². The monoisotopic (exact) mass is 540 g/mol. The van der Waals surface area contributed by atoms with Crippen molar-refractivity contribution in [2.45, 2.75) is 24.4 Å². The highest BCUT2D eigenvalue weighted by molar-refractivity contribution is 7.89. The molecule has 3 rings (SSSR count). The number of nitrogens with one attached hydrogen (secondary N) is 1. The van der Waals surface area contributed by atoms with Gasteiger partial charge in [-0.3, -0.25) is 4.79 Å². The fraction of sp³-hybridized carbons (Fsp3) is 0.208. The molecular weight excluding hydrogens is 519 g/mol. The summed E-state index contributed by atoms with van der Waals surface area (Å²) in [5.41, 5.74) is 1.28. The lowest BCUT2D eigenvalue weighted by Gasteiger charge is -2.24. The van der Waals surface area contributed by atoms with Crippen molar-refractivity contribution in [3.05, 3.63) is 92.9 Å². The first-order chi connectivity index (χ1) is 16.1. The fourth-order valence-electron chi connectivity index (χ4n) is 3.37. The van der Waals surface area contributed by atoms with Crippen LogP contribution in [0.15, 0.2) is 71.6 Å². The molecule has 0 spiro atoms. The topological polar surface area (TPSA) is 75.7 Å². The molecule has 180 valence electrons. The van der Waals surface area contributed by atoms with Crippen LogP contribution in [0, 0.1) is 0 Å². The summed E-state index contributed by atoms with van der Waals surface area (Å²) in [6.45, 7) is 1.24. The van der Waals surface area contributed by atoms with Crippen molar-refractivity contribution in [3.63, 3.8) is 0 Å². The maximum Gasteiger partial charge on any atom is 0.243 e. The first-order valence-electron chi connectivity index (χ1n) is 10.2. The third-order valence-electron chi connectivity index (χ3n) is 5.12. The molecular formula is C24H23Cl3N2O4S. The Balaban J connectivity index is 1.88.